The van der Waals surface area contributed by atoms with Gasteiger partial charge in [-0.15, -0.1) is 0 Å². The molecule has 5 nitrogen and oxygen atoms in total. The molecule has 1 aromatic carbocycles. The molecule has 0 aliphatic carbocycles. The van der Waals surface area contributed by atoms with Crippen LogP contribution in [-0.2, 0) is 0 Å². The summed E-state index contributed by atoms with van der Waals surface area (Å²) in [6.45, 7) is 3.52. The average molecular weight is 275 g/mol. The molecule has 0 amide bonds. The highest BCUT2D eigenvalue weighted by molar-refractivity contribution is 5.45. The summed E-state index contributed by atoms with van der Waals surface area (Å²) in [6.07, 6.45) is 0. The zero-order chi connectivity index (χ0) is 14.7. The van der Waals surface area contributed by atoms with Crippen LogP contribution < -0.4 is 5.32 Å². The lowest BCUT2D eigenvalue weighted by atomic mass is 10.0. The monoisotopic (exact) mass is 275 g/mol. The van der Waals surface area contributed by atoms with E-state index >= 15 is 0 Å². The Morgan fingerprint density at radius 3 is 2.75 bits per heavy atom. The second kappa shape index (κ2) is 5.64. The quantitative estimate of drug-likeness (QED) is 0.525. The zero-order valence-electron chi connectivity index (χ0n) is 11.1. The molecule has 104 valence electrons. The lowest BCUT2D eigenvalue weighted by molar-refractivity contribution is -0.385. The maximum atomic E-state index is 13.0. The summed E-state index contributed by atoms with van der Waals surface area (Å²) in [5.41, 5.74) is 1.42. The smallest absolute Gasteiger partial charge is 0.272 e. The van der Waals surface area contributed by atoms with Gasteiger partial charge in [0.25, 0.3) is 5.69 Å². The van der Waals surface area contributed by atoms with Crippen LogP contribution in [0.15, 0.2) is 36.4 Å². The van der Waals surface area contributed by atoms with Crippen molar-refractivity contribution in [1.82, 2.24) is 4.98 Å². The van der Waals surface area contributed by atoms with E-state index in [-0.39, 0.29) is 11.7 Å². The fourth-order valence-electron chi connectivity index (χ4n) is 1.89. The largest absolute Gasteiger partial charge is 0.363 e. The third kappa shape index (κ3) is 3.09. The summed E-state index contributed by atoms with van der Waals surface area (Å²) in [6, 6.07) is 9.25. The van der Waals surface area contributed by atoms with Crippen molar-refractivity contribution in [2.24, 2.45) is 0 Å². The molecule has 6 heteroatoms. The van der Waals surface area contributed by atoms with E-state index in [1.165, 1.54) is 12.1 Å². The molecule has 1 atom stereocenters. The summed E-state index contributed by atoms with van der Waals surface area (Å²) in [5, 5.41) is 13.9. The topological polar surface area (TPSA) is 68.1 Å². The summed E-state index contributed by atoms with van der Waals surface area (Å²) in [4.78, 5) is 14.2. The predicted octanol–water partition coefficient (Wildman–Crippen LogP) is 3.61. The van der Waals surface area contributed by atoms with Gasteiger partial charge in [0.2, 0.25) is 5.95 Å². The second-order valence-corrected chi connectivity index (χ2v) is 4.51. The Labute approximate surface area is 115 Å². The SMILES string of the molecule is Cc1ccc(C(C)Nc2cccc(F)n2)cc1[N+](=O)[O-]. The molecule has 0 bridgehead atoms. The van der Waals surface area contributed by atoms with Crippen LogP contribution in [0, 0.1) is 23.0 Å². The van der Waals surface area contributed by atoms with Crippen molar-refractivity contribution in [2.45, 2.75) is 19.9 Å². The Bertz CT molecular complexity index is 646. The average Bonchev–Trinajstić information content (AvgIpc) is 2.38. The molecule has 0 spiro atoms. The second-order valence-electron chi connectivity index (χ2n) is 4.51. The molecule has 2 aromatic rings. The van der Waals surface area contributed by atoms with E-state index in [1.54, 1.807) is 31.2 Å². The van der Waals surface area contributed by atoms with Crippen LogP contribution in [0.3, 0.4) is 0 Å². The Hall–Kier alpha value is -2.50. The first kappa shape index (κ1) is 13.9. The van der Waals surface area contributed by atoms with E-state index in [4.69, 9.17) is 0 Å². The number of hydrogen-bond donors (Lipinski definition) is 1. The molecule has 0 saturated heterocycles. The minimum absolute atomic E-state index is 0.0725. The van der Waals surface area contributed by atoms with Gasteiger partial charge in [0, 0.05) is 11.6 Å². The van der Waals surface area contributed by atoms with Crippen molar-refractivity contribution in [3.63, 3.8) is 0 Å². The number of pyridine rings is 1. The fourth-order valence-corrected chi connectivity index (χ4v) is 1.89. The molecule has 1 unspecified atom stereocenters. The minimum Gasteiger partial charge on any atom is -0.363 e. The molecule has 0 aliphatic rings. The first-order valence-corrected chi connectivity index (χ1v) is 6.11. The number of hydrogen-bond acceptors (Lipinski definition) is 4. The Balaban J connectivity index is 2.23. The van der Waals surface area contributed by atoms with E-state index in [2.05, 4.69) is 10.3 Å². The Morgan fingerprint density at radius 2 is 2.10 bits per heavy atom. The third-order valence-electron chi connectivity index (χ3n) is 3.01. The highest BCUT2D eigenvalue weighted by atomic mass is 19.1. The third-order valence-corrected chi connectivity index (χ3v) is 3.01. The molecular formula is C14H14FN3O2. The Morgan fingerprint density at radius 1 is 1.35 bits per heavy atom. The van der Waals surface area contributed by atoms with Crippen molar-refractivity contribution in [1.29, 1.82) is 0 Å². The molecule has 1 N–H and O–H groups in total. The molecule has 0 aliphatic heterocycles. The summed E-state index contributed by atoms with van der Waals surface area (Å²) in [7, 11) is 0. The number of aromatic nitrogens is 1. The predicted molar refractivity (Wildman–Crippen MR) is 74.1 cm³/mol. The van der Waals surface area contributed by atoms with Crippen LogP contribution in [0.1, 0.15) is 24.1 Å². The van der Waals surface area contributed by atoms with Crippen LogP contribution >= 0.6 is 0 Å². The van der Waals surface area contributed by atoms with Gasteiger partial charge < -0.3 is 5.32 Å². The molecule has 0 radical (unpaired) electrons. The number of nitro groups is 1. The van der Waals surface area contributed by atoms with Crippen molar-refractivity contribution in [3.05, 3.63) is 63.6 Å². The van der Waals surface area contributed by atoms with Crippen molar-refractivity contribution in [2.75, 3.05) is 5.32 Å². The van der Waals surface area contributed by atoms with Crippen molar-refractivity contribution in [3.8, 4) is 0 Å². The van der Waals surface area contributed by atoms with E-state index in [9.17, 15) is 14.5 Å². The molecule has 0 fully saturated rings. The van der Waals surface area contributed by atoms with Gasteiger partial charge in [-0.2, -0.15) is 4.39 Å². The van der Waals surface area contributed by atoms with Crippen LogP contribution in [0.25, 0.3) is 0 Å². The number of aryl methyl sites for hydroxylation is 1. The zero-order valence-corrected chi connectivity index (χ0v) is 11.1. The lowest BCUT2D eigenvalue weighted by Gasteiger charge is -2.15. The van der Waals surface area contributed by atoms with Crippen LogP contribution in [0.5, 0.6) is 0 Å². The number of halogens is 1. The normalized spacial score (nSPS) is 11.9. The summed E-state index contributed by atoms with van der Waals surface area (Å²) >= 11 is 0. The lowest BCUT2D eigenvalue weighted by Crippen LogP contribution is -2.09. The van der Waals surface area contributed by atoms with Gasteiger partial charge >= 0.3 is 0 Å². The number of anilines is 1. The summed E-state index contributed by atoms with van der Waals surface area (Å²) < 4.78 is 13.0. The maximum Gasteiger partial charge on any atom is 0.272 e. The van der Waals surface area contributed by atoms with E-state index in [0.717, 1.165) is 5.56 Å². The van der Waals surface area contributed by atoms with Crippen LogP contribution in [0.2, 0.25) is 0 Å². The van der Waals surface area contributed by atoms with Gasteiger partial charge in [-0.3, -0.25) is 10.1 Å². The molecule has 1 heterocycles. The number of nitrogens with one attached hydrogen (secondary N) is 1. The highest BCUT2D eigenvalue weighted by Crippen LogP contribution is 2.25. The van der Waals surface area contributed by atoms with Gasteiger partial charge in [0.1, 0.15) is 5.82 Å². The Kier molecular flexibility index (Phi) is 3.93. The van der Waals surface area contributed by atoms with E-state index in [0.29, 0.717) is 11.4 Å². The van der Waals surface area contributed by atoms with Gasteiger partial charge in [0.15, 0.2) is 0 Å². The first-order chi connectivity index (χ1) is 9.47. The van der Waals surface area contributed by atoms with Gasteiger partial charge in [-0.1, -0.05) is 18.2 Å². The molecule has 1 aromatic heterocycles. The van der Waals surface area contributed by atoms with Gasteiger partial charge in [-0.05, 0) is 31.5 Å². The minimum atomic E-state index is -0.572. The number of benzene rings is 1. The molecular weight excluding hydrogens is 261 g/mol. The van der Waals surface area contributed by atoms with Crippen LogP contribution in [0.4, 0.5) is 15.9 Å². The maximum absolute atomic E-state index is 13.0. The van der Waals surface area contributed by atoms with E-state index < -0.39 is 10.9 Å². The molecule has 20 heavy (non-hydrogen) atoms. The molecule has 0 saturated carbocycles. The molecule has 2 rings (SSSR count). The van der Waals surface area contributed by atoms with Crippen molar-refractivity contribution >= 4 is 11.5 Å². The standard InChI is InChI=1S/C14H14FN3O2/c1-9-6-7-11(8-12(9)18(19)20)10(2)16-14-5-3-4-13(15)17-14/h3-8,10H,1-2H3,(H,16,17). The van der Waals surface area contributed by atoms with Gasteiger partial charge in [0.05, 0.1) is 11.0 Å². The van der Waals surface area contributed by atoms with Gasteiger partial charge in [-0.25, -0.2) is 4.98 Å². The number of nitrogens with zero attached hydrogens (tertiary/aromatic N) is 2. The fraction of sp³-hybridized carbons (Fsp3) is 0.214. The van der Waals surface area contributed by atoms with Crippen LogP contribution in [-0.4, -0.2) is 9.91 Å². The highest BCUT2D eigenvalue weighted by Gasteiger charge is 2.14. The first-order valence-electron chi connectivity index (χ1n) is 6.11. The van der Waals surface area contributed by atoms with E-state index in [1.807, 2.05) is 6.92 Å². The number of nitro benzene ring substituents is 1. The summed E-state index contributed by atoms with van der Waals surface area (Å²) in [5.74, 6) is -0.183. The number of rotatable bonds is 4. The van der Waals surface area contributed by atoms with Crippen molar-refractivity contribution < 1.29 is 9.31 Å².